The largest absolute Gasteiger partial charge is 0.351 e. The number of hydrogen-bond donors (Lipinski definition) is 0. The van der Waals surface area contributed by atoms with Crippen molar-refractivity contribution in [2.45, 2.75) is 13.0 Å². The number of hydrogen-bond acceptors (Lipinski definition) is 5. The standard InChI is InChI=1S/C14H13BrN6/c1-20-13-9(6-19-20)14(18-8-17-13)21-5-3-12-10(7-21)11(15)2-4-16-12/h2,4,6,8H,3,5,7H2,1H3. The lowest BCUT2D eigenvalue weighted by atomic mass is 10.1. The number of nitrogens with zero attached hydrogens (tertiary/aromatic N) is 6. The average molecular weight is 345 g/mol. The van der Waals surface area contributed by atoms with E-state index in [2.05, 4.69) is 40.9 Å². The monoisotopic (exact) mass is 344 g/mol. The summed E-state index contributed by atoms with van der Waals surface area (Å²) in [7, 11) is 1.89. The molecular weight excluding hydrogens is 332 g/mol. The highest BCUT2D eigenvalue weighted by atomic mass is 79.9. The first kappa shape index (κ1) is 12.7. The van der Waals surface area contributed by atoms with Gasteiger partial charge in [-0.25, -0.2) is 9.97 Å². The van der Waals surface area contributed by atoms with Gasteiger partial charge in [-0.15, -0.1) is 0 Å². The third-order valence-corrected chi connectivity index (χ3v) is 4.61. The van der Waals surface area contributed by atoms with Crippen molar-refractivity contribution in [2.75, 3.05) is 11.4 Å². The summed E-state index contributed by atoms with van der Waals surface area (Å²) < 4.78 is 2.88. The fourth-order valence-electron chi connectivity index (χ4n) is 2.78. The normalized spacial score (nSPS) is 14.5. The van der Waals surface area contributed by atoms with Crippen molar-refractivity contribution in [1.29, 1.82) is 0 Å². The summed E-state index contributed by atoms with van der Waals surface area (Å²) >= 11 is 3.62. The number of halogens is 1. The molecule has 0 aliphatic carbocycles. The molecule has 3 aromatic rings. The maximum Gasteiger partial charge on any atom is 0.163 e. The van der Waals surface area contributed by atoms with Gasteiger partial charge in [0.15, 0.2) is 5.65 Å². The van der Waals surface area contributed by atoms with Crippen LogP contribution < -0.4 is 4.90 Å². The molecule has 0 saturated carbocycles. The molecule has 0 N–H and O–H groups in total. The molecule has 7 heteroatoms. The van der Waals surface area contributed by atoms with Crippen molar-refractivity contribution >= 4 is 32.8 Å². The van der Waals surface area contributed by atoms with Crippen LogP contribution in [0.3, 0.4) is 0 Å². The van der Waals surface area contributed by atoms with E-state index in [0.29, 0.717) is 0 Å². The zero-order valence-electron chi connectivity index (χ0n) is 11.5. The van der Waals surface area contributed by atoms with Gasteiger partial charge >= 0.3 is 0 Å². The Morgan fingerprint density at radius 2 is 2.14 bits per heavy atom. The minimum absolute atomic E-state index is 0.796. The Morgan fingerprint density at radius 3 is 3.05 bits per heavy atom. The van der Waals surface area contributed by atoms with E-state index in [9.17, 15) is 0 Å². The lowest BCUT2D eigenvalue weighted by Crippen LogP contribution is -2.32. The van der Waals surface area contributed by atoms with Gasteiger partial charge in [-0.3, -0.25) is 9.67 Å². The highest BCUT2D eigenvalue weighted by Gasteiger charge is 2.22. The van der Waals surface area contributed by atoms with E-state index >= 15 is 0 Å². The highest BCUT2D eigenvalue weighted by Crippen LogP contribution is 2.30. The van der Waals surface area contributed by atoms with E-state index in [1.54, 1.807) is 11.0 Å². The van der Waals surface area contributed by atoms with Gasteiger partial charge in [0, 0.05) is 48.5 Å². The predicted octanol–water partition coefficient (Wildman–Crippen LogP) is 2.08. The van der Waals surface area contributed by atoms with E-state index in [1.807, 2.05) is 25.5 Å². The fraction of sp³-hybridized carbons (Fsp3) is 0.286. The average Bonchev–Trinajstić information content (AvgIpc) is 2.89. The number of fused-ring (bicyclic) bond motifs is 2. The maximum atomic E-state index is 4.47. The molecule has 1 aliphatic heterocycles. The summed E-state index contributed by atoms with van der Waals surface area (Å²) in [5.74, 6) is 0.939. The van der Waals surface area contributed by atoms with Crippen LogP contribution in [-0.4, -0.2) is 31.3 Å². The molecule has 0 spiro atoms. The van der Waals surface area contributed by atoms with Crippen LogP contribution in [0.2, 0.25) is 0 Å². The minimum Gasteiger partial charge on any atom is -0.351 e. The molecule has 21 heavy (non-hydrogen) atoms. The Balaban J connectivity index is 1.79. The van der Waals surface area contributed by atoms with Gasteiger partial charge in [-0.05, 0) is 6.07 Å². The molecule has 0 radical (unpaired) electrons. The van der Waals surface area contributed by atoms with Gasteiger partial charge in [-0.2, -0.15) is 5.10 Å². The quantitative estimate of drug-likeness (QED) is 0.676. The highest BCUT2D eigenvalue weighted by molar-refractivity contribution is 9.10. The Hall–Kier alpha value is -2.02. The molecule has 0 fully saturated rings. The molecule has 0 unspecified atom stereocenters. The Labute approximate surface area is 130 Å². The fourth-order valence-corrected chi connectivity index (χ4v) is 3.26. The van der Waals surface area contributed by atoms with Gasteiger partial charge in [0.05, 0.1) is 11.6 Å². The lowest BCUT2D eigenvalue weighted by molar-refractivity contribution is 0.701. The van der Waals surface area contributed by atoms with E-state index in [0.717, 1.165) is 46.5 Å². The zero-order valence-corrected chi connectivity index (χ0v) is 13.1. The summed E-state index contributed by atoms with van der Waals surface area (Å²) in [5.41, 5.74) is 3.26. The third-order valence-electron chi connectivity index (χ3n) is 3.86. The number of pyridine rings is 1. The Kier molecular flexibility index (Phi) is 2.88. The van der Waals surface area contributed by atoms with Crippen LogP contribution in [0.15, 0.2) is 29.3 Å². The maximum absolute atomic E-state index is 4.47. The molecule has 3 aromatic heterocycles. The lowest BCUT2D eigenvalue weighted by Gasteiger charge is -2.29. The minimum atomic E-state index is 0.796. The van der Waals surface area contributed by atoms with Crippen molar-refractivity contribution in [3.8, 4) is 0 Å². The first-order valence-electron chi connectivity index (χ1n) is 6.74. The smallest absolute Gasteiger partial charge is 0.163 e. The number of aryl methyl sites for hydroxylation is 1. The molecule has 0 aromatic carbocycles. The molecule has 6 nitrogen and oxygen atoms in total. The molecule has 0 bridgehead atoms. The first-order chi connectivity index (χ1) is 10.2. The van der Waals surface area contributed by atoms with Crippen LogP contribution >= 0.6 is 15.9 Å². The summed E-state index contributed by atoms with van der Waals surface area (Å²) in [6.45, 7) is 1.70. The van der Waals surface area contributed by atoms with Gasteiger partial charge in [0.25, 0.3) is 0 Å². The first-order valence-corrected chi connectivity index (χ1v) is 7.53. The number of rotatable bonds is 1. The van der Waals surface area contributed by atoms with Crippen molar-refractivity contribution in [3.05, 3.63) is 40.5 Å². The second-order valence-corrected chi connectivity index (χ2v) is 5.95. The van der Waals surface area contributed by atoms with E-state index in [4.69, 9.17) is 0 Å². The van der Waals surface area contributed by atoms with E-state index in [-0.39, 0.29) is 0 Å². The molecule has 1 aliphatic rings. The molecular formula is C14H13BrN6. The number of anilines is 1. The van der Waals surface area contributed by atoms with Crippen LogP contribution in [0.5, 0.6) is 0 Å². The van der Waals surface area contributed by atoms with Gasteiger partial charge in [0.2, 0.25) is 0 Å². The SMILES string of the molecule is Cn1ncc2c(N3CCc4nccc(Br)c4C3)ncnc21. The van der Waals surface area contributed by atoms with Crippen molar-refractivity contribution < 1.29 is 0 Å². The van der Waals surface area contributed by atoms with E-state index in [1.165, 1.54) is 5.56 Å². The molecule has 106 valence electrons. The zero-order chi connectivity index (χ0) is 14.4. The van der Waals surface area contributed by atoms with Gasteiger partial charge in [0.1, 0.15) is 12.1 Å². The van der Waals surface area contributed by atoms with Crippen LogP contribution in [0.25, 0.3) is 11.0 Å². The third kappa shape index (κ3) is 1.99. The second-order valence-electron chi connectivity index (χ2n) is 5.09. The molecule has 4 rings (SSSR count). The predicted molar refractivity (Wildman–Crippen MR) is 83.0 cm³/mol. The molecule has 0 amide bonds. The van der Waals surface area contributed by atoms with Crippen molar-refractivity contribution in [2.24, 2.45) is 7.05 Å². The Bertz CT molecular complexity index is 827. The van der Waals surface area contributed by atoms with Crippen LogP contribution in [0.1, 0.15) is 11.3 Å². The van der Waals surface area contributed by atoms with Crippen molar-refractivity contribution in [3.63, 3.8) is 0 Å². The molecule has 0 saturated heterocycles. The second kappa shape index (κ2) is 4.77. The summed E-state index contributed by atoms with van der Waals surface area (Å²) in [6, 6.07) is 1.99. The molecule has 0 atom stereocenters. The van der Waals surface area contributed by atoms with E-state index < -0.39 is 0 Å². The number of aromatic nitrogens is 5. The topological polar surface area (TPSA) is 59.7 Å². The summed E-state index contributed by atoms with van der Waals surface area (Å²) in [6.07, 6.45) is 6.20. The van der Waals surface area contributed by atoms with Gasteiger partial charge < -0.3 is 4.90 Å². The van der Waals surface area contributed by atoms with Crippen LogP contribution in [0.4, 0.5) is 5.82 Å². The Morgan fingerprint density at radius 1 is 1.24 bits per heavy atom. The van der Waals surface area contributed by atoms with Crippen LogP contribution in [0, 0.1) is 0 Å². The van der Waals surface area contributed by atoms with Crippen LogP contribution in [-0.2, 0) is 20.0 Å². The van der Waals surface area contributed by atoms with Gasteiger partial charge in [-0.1, -0.05) is 15.9 Å². The summed E-state index contributed by atoms with van der Waals surface area (Å²) in [5, 5.41) is 5.27. The summed E-state index contributed by atoms with van der Waals surface area (Å²) in [4.78, 5) is 15.5. The molecule has 4 heterocycles. The van der Waals surface area contributed by atoms with Crippen molar-refractivity contribution in [1.82, 2.24) is 24.7 Å².